The predicted molar refractivity (Wildman–Crippen MR) is 131 cm³/mol. The van der Waals surface area contributed by atoms with E-state index in [1.807, 2.05) is 24.3 Å². The molecule has 8 heteroatoms. The standard InChI is InChI=1S/C25H32FN3O3S/c1-30-22-16-18-8-11-29(25(33)27-9-5-10-28-12-14-32-15-13-28)24(20(18)17-23(22)31-2)19-6-3-4-7-21(19)26/h3-4,6-7,16-17,24H,5,8-15H2,1-2H3,(H,27,33). The highest BCUT2D eigenvalue weighted by atomic mass is 32.1. The summed E-state index contributed by atoms with van der Waals surface area (Å²) in [5.41, 5.74) is 2.71. The Labute approximate surface area is 200 Å². The third-order valence-corrected chi connectivity index (χ3v) is 6.74. The number of nitrogens with one attached hydrogen (secondary N) is 1. The van der Waals surface area contributed by atoms with Crippen molar-refractivity contribution in [1.29, 1.82) is 0 Å². The van der Waals surface area contributed by atoms with Crippen LogP contribution >= 0.6 is 12.2 Å². The lowest BCUT2D eigenvalue weighted by atomic mass is 9.87. The second-order valence-corrected chi connectivity index (χ2v) is 8.70. The molecule has 2 aromatic carbocycles. The summed E-state index contributed by atoms with van der Waals surface area (Å²) >= 11 is 5.81. The van der Waals surface area contributed by atoms with Crippen molar-refractivity contribution in [3.05, 3.63) is 58.9 Å². The van der Waals surface area contributed by atoms with Gasteiger partial charge in [0.2, 0.25) is 0 Å². The molecule has 0 bridgehead atoms. The van der Waals surface area contributed by atoms with Crippen LogP contribution in [0, 0.1) is 5.82 Å². The van der Waals surface area contributed by atoms with Crippen molar-refractivity contribution in [3.63, 3.8) is 0 Å². The molecule has 33 heavy (non-hydrogen) atoms. The SMILES string of the molecule is COc1cc2c(cc1OC)C(c1ccccc1F)N(C(=S)NCCCN1CCOCC1)CC2. The first-order valence-corrected chi connectivity index (χ1v) is 11.9. The van der Waals surface area contributed by atoms with Gasteiger partial charge in [0.05, 0.1) is 33.5 Å². The van der Waals surface area contributed by atoms with Gasteiger partial charge in [-0.25, -0.2) is 4.39 Å². The molecular formula is C25H32FN3O3S. The number of hydrogen-bond acceptors (Lipinski definition) is 5. The maximum Gasteiger partial charge on any atom is 0.169 e. The van der Waals surface area contributed by atoms with Crippen LogP contribution < -0.4 is 14.8 Å². The van der Waals surface area contributed by atoms with E-state index in [4.69, 9.17) is 26.4 Å². The summed E-state index contributed by atoms with van der Waals surface area (Å²) < 4.78 is 31.4. The summed E-state index contributed by atoms with van der Waals surface area (Å²) in [6, 6.07) is 10.5. The van der Waals surface area contributed by atoms with Crippen molar-refractivity contribution in [1.82, 2.24) is 15.1 Å². The minimum atomic E-state index is -0.339. The molecule has 0 aromatic heterocycles. The lowest BCUT2D eigenvalue weighted by Gasteiger charge is -2.40. The number of halogens is 1. The molecule has 178 valence electrons. The van der Waals surface area contributed by atoms with Gasteiger partial charge in [-0.1, -0.05) is 18.2 Å². The Balaban J connectivity index is 1.54. The van der Waals surface area contributed by atoms with Crippen LogP contribution in [0.3, 0.4) is 0 Å². The van der Waals surface area contributed by atoms with Gasteiger partial charge in [-0.2, -0.15) is 0 Å². The molecule has 1 fully saturated rings. The Hall–Kier alpha value is -2.42. The van der Waals surface area contributed by atoms with Crippen molar-refractivity contribution >= 4 is 17.3 Å². The van der Waals surface area contributed by atoms with Crippen LogP contribution in [0.1, 0.15) is 29.2 Å². The van der Waals surface area contributed by atoms with Gasteiger partial charge in [0.15, 0.2) is 16.6 Å². The molecule has 1 N–H and O–H groups in total. The average Bonchev–Trinajstić information content (AvgIpc) is 2.86. The lowest BCUT2D eigenvalue weighted by molar-refractivity contribution is 0.0375. The Kier molecular flexibility index (Phi) is 8.01. The first kappa shape index (κ1) is 23.7. The first-order valence-electron chi connectivity index (χ1n) is 11.5. The number of methoxy groups -OCH3 is 2. The van der Waals surface area contributed by atoms with Gasteiger partial charge >= 0.3 is 0 Å². The number of thiocarbonyl (C=S) groups is 1. The van der Waals surface area contributed by atoms with E-state index >= 15 is 0 Å². The molecule has 0 spiro atoms. The summed E-state index contributed by atoms with van der Waals surface area (Å²) in [5, 5.41) is 4.06. The molecule has 1 unspecified atom stereocenters. The van der Waals surface area contributed by atoms with Crippen LogP contribution in [0.2, 0.25) is 0 Å². The fourth-order valence-electron chi connectivity index (χ4n) is 4.62. The van der Waals surface area contributed by atoms with E-state index in [9.17, 15) is 4.39 Å². The average molecular weight is 474 g/mol. The Bertz CT molecular complexity index is 968. The Morgan fingerprint density at radius 3 is 2.55 bits per heavy atom. The maximum atomic E-state index is 15.0. The van der Waals surface area contributed by atoms with E-state index in [1.165, 1.54) is 6.07 Å². The lowest BCUT2D eigenvalue weighted by Crippen LogP contribution is -2.46. The molecule has 2 aromatic rings. The molecule has 0 radical (unpaired) electrons. The second-order valence-electron chi connectivity index (χ2n) is 8.31. The quantitative estimate of drug-likeness (QED) is 0.489. The second kappa shape index (κ2) is 11.1. The molecule has 6 nitrogen and oxygen atoms in total. The van der Waals surface area contributed by atoms with E-state index < -0.39 is 0 Å². The summed E-state index contributed by atoms with van der Waals surface area (Å²) in [6.07, 6.45) is 1.77. The fourth-order valence-corrected chi connectivity index (χ4v) is 4.92. The zero-order valence-corrected chi connectivity index (χ0v) is 20.1. The highest BCUT2D eigenvalue weighted by Gasteiger charge is 2.33. The van der Waals surface area contributed by atoms with Crippen molar-refractivity contribution < 1.29 is 18.6 Å². The first-order chi connectivity index (χ1) is 16.1. The molecule has 1 saturated heterocycles. The molecule has 0 aliphatic carbocycles. The number of fused-ring (bicyclic) bond motifs is 1. The summed E-state index contributed by atoms with van der Waals surface area (Å²) in [4.78, 5) is 4.50. The molecule has 2 heterocycles. The smallest absolute Gasteiger partial charge is 0.169 e. The molecular weight excluding hydrogens is 441 g/mol. The highest BCUT2D eigenvalue weighted by Crippen LogP contribution is 2.41. The fraction of sp³-hybridized carbons (Fsp3) is 0.480. The van der Waals surface area contributed by atoms with E-state index in [0.717, 1.165) is 63.4 Å². The predicted octanol–water partition coefficient (Wildman–Crippen LogP) is 3.39. The van der Waals surface area contributed by atoms with Gasteiger partial charge < -0.3 is 24.4 Å². The van der Waals surface area contributed by atoms with E-state index in [0.29, 0.717) is 28.7 Å². The largest absolute Gasteiger partial charge is 0.493 e. The third-order valence-electron chi connectivity index (χ3n) is 6.37. The third kappa shape index (κ3) is 5.39. The van der Waals surface area contributed by atoms with E-state index in [1.54, 1.807) is 20.3 Å². The van der Waals surface area contributed by atoms with E-state index in [2.05, 4.69) is 15.1 Å². The number of morpholine rings is 1. The number of rotatable bonds is 7. The van der Waals surface area contributed by atoms with Crippen molar-refractivity contribution in [2.24, 2.45) is 0 Å². The van der Waals surface area contributed by atoms with Crippen LogP contribution in [0.25, 0.3) is 0 Å². The van der Waals surface area contributed by atoms with Crippen LogP contribution in [-0.2, 0) is 11.2 Å². The van der Waals surface area contributed by atoms with Gasteiger partial charge in [-0.3, -0.25) is 4.90 Å². The maximum absolute atomic E-state index is 15.0. The minimum absolute atomic E-state index is 0.245. The zero-order valence-electron chi connectivity index (χ0n) is 19.3. The molecule has 0 amide bonds. The monoisotopic (exact) mass is 473 g/mol. The van der Waals surface area contributed by atoms with Gasteiger partial charge in [0.25, 0.3) is 0 Å². The number of benzene rings is 2. The molecule has 2 aliphatic heterocycles. The van der Waals surface area contributed by atoms with Crippen LogP contribution in [-0.4, -0.2) is 75.1 Å². The molecule has 0 saturated carbocycles. The van der Waals surface area contributed by atoms with Crippen molar-refractivity contribution in [3.8, 4) is 11.5 Å². The van der Waals surface area contributed by atoms with Gasteiger partial charge in [-0.05, 0) is 60.9 Å². The zero-order chi connectivity index (χ0) is 23.2. The Morgan fingerprint density at radius 2 is 1.82 bits per heavy atom. The van der Waals surface area contributed by atoms with Gasteiger partial charge in [0, 0.05) is 31.7 Å². The van der Waals surface area contributed by atoms with Crippen molar-refractivity contribution in [2.45, 2.75) is 18.9 Å². The van der Waals surface area contributed by atoms with Gasteiger partial charge in [-0.15, -0.1) is 0 Å². The van der Waals surface area contributed by atoms with E-state index in [-0.39, 0.29) is 11.9 Å². The highest BCUT2D eigenvalue weighted by molar-refractivity contribution is 7.80. The minimum Gasteiger partial charge on any atom is -0.493 e. The van der Waals surface area contributed by atoms with Crippen LogP contribution in [0.5, 0.6) is 11.5 Å². The van der Waals surface area contributed by atoms with Crippen molar-refractivity contribution in [2.75, 3.05) is 60.2 Å². The van der Waals surface area contributed by atoms with Crippen LogP contribution in [0.4, 0.5) is 4.39 Å². The molecule has 1 atom stereocenters. The Morgan fingerprint density at radius 1 is 1.09 bits per heavy atom. The molecule has 4 rings (SSSR count). The topological polar surface area (TPSA) is 46.2 Å². The number of hydrogen-bond donors (Lipinski definition) is 1. The normalized spacial score (nSPS) is 18.5. The summed E-state index contributed by atoms with van der Waals surface area (Å²) in [7, 11) is 3.24. The van der Waals surface area contributed by atoms with Gasteiger partial charge in [0.1, 0.15) is 5.82 Å². The molecule has 2 aliphatic rings. The summed E-state index contributed by atoms with van der Waals surface area (Å²) in [5.74, 6) is 1.06. The van der Waals surface area contributed by atoms with Crippen LogP contribution in [0.15, 0.2) is 36.4 Å². The number of nitrogens with zero attached hydrogens (tertiary/aromatic N) is 2. The summed E-state index contributed by atoms with van der Waals surface area (Å²) in [6.45, 7) is 6.04. The number of ether oxygens (including phenoxy) is 3.